The summed E-state index contributed by atoms with van der Waals surface area (Å²) >= 11 is 0. The van der Waals surface area contributed by atoms with Crippen molar-refractivity contribution < 1.29 is 9.53 Å². The molecule has 0 N–H and O–H groups in total. The second-order valence-corrected chi connectivity index (χ2v) is 12.9. The first-order valence-electron chi connectivity index (χ1n) is 13.5. The van der Waals surface area contributed by atoms with Gasteiger partial charge in [0.05, 0.1) is 0 Å². The van der Waals surface area contributed by atoms with Gasteiger partial charge in [0.15, 0.2) is 0 Å². The molecule has 0 aliphatic heterocycles. The second-order valence-electron chi connectivity index (χ2n) is 12.9. The van der Waals surface area contributed by atoms with Crippen molar-refractivity contribution in [1.82, 2.24) is 0 Å². The molecule has 0 spiro atoms. The molecule has 8 atom stereocenters. The topological polar surface area (TPSA) is 26.3 Å². The monoisotopic (exact) mass is 428 g/mol. The SMILES string of the molecule is CC(=O)OC1=CC[C@@]2(C)[C@@H](CC[C@@H]3[C@H]4CC[C@H]([C@H](C)CCCC(C)C)[C@]4(C)CC[C@H]32)C1. The lowest BCUT2D eigenvalue weighted by Gasteiger charge is -2.60. The van der Waals surface area contributed by atoms with Gasteiger partial charge in [0.1, 0.15) is 5.76 Å². The quantitative estimate of drug-likeness (QED) is 0.399. The van der Waals surface area contributed by atoms with Crippen LogP contribution in [0.15, 0.2) is 11.8 Å². The summed E-state index contributed by atoms with van der Waals surface area (Å²) in [6.07, 6.45) is 17.2. The van der Waals surface area contributed by atoms with Crippen LogP contribution >= 0.6 is 0 Å². The number of hydrogen-bond donors (Lipinski definition) is 0. The predicted molar refractivity (Wildman–Crippen MR) is 128 cm³/mol. The molecular weight excluding hydrogens is 380 g/mol. The Morgan fingerprint density at radius 2 is 1.77 bits per heavy atom. The van der Waals surface area contributed by atoms with E-state index in [0.29, 0.717) is 16.7 Å². The van der Waals surface area contributed by atoms with Crippen molar-refractivity contribution in [3.05, 3.63) is 11.8 Å². The third-order valence-electron chi connectivity index (χ3n) is 10.8. The van der Waals surface area contributed by atoms with Crippen molar-refractivity contribution in [3.8, 4) is 0 Å². The third-order valence-corrected chi connectivity index (χ3v) is 10.8. The molecule has 0 unspecified atom stereocenters. The van der Waals surface area contributed by atoms with Gasteiger partial charge in [-0.15, -0.1) is 0 Å². The van der Waals surface area contributed by atoms with Crippen LogP contribution < -0.4 is 0 Å². The molecule has 4 aliphatic rings. The van der Waals surface area contributed by atoms with Gasteiger partial charge in [-0.2, -0.15) is 0 Å². The van der Waals surface area contributed by atoms with E-state index in [9.17, 15) is 4.79 Å². The van der Waals surface area contributed by atoms with Crippen LogP contribution in [0.5, 0.6) is 0 Å². The van der Waals surface area contributed by atoms with Crippen LogP contribution in [-0.4, -0.2) is 5.97 Å². The smallest absolute Gasteiger partial charge is 0.307 e. The number of fused-ring (bicyclic) bond motifs is 5. The minimum Gasteiger partial charge on any atom is -0.432 e. The second kappa shape index (κ2) is 8.86. The molecule has 0 saturated heterocycles. The first kappa shape index (κ1) is 23.4. The van der Waals surface area contributed by atoms with Gasteiger partial charge in [-0.05, 0) is 103 Å². The normalized spacial score (nSPS) is 42.9. The lowest BCUT2D eigenvalue weighted by molar-refractivity contribution is -0.139. The summed E-state index contributed by atoms with van der Waals surface area (Å²) in [6, 6.07) is 0. The molecule has 0 heterocycles. The molecule has 176 valence electrons. The number of rotatable bonds is 6. The summed E-state index contributed by atoms with van der Waals surface area (Å²) in [7, 11) is 0. The van der Waals surface area contributed by atoms with Crippen LogP contribution in [0.25, 0.3) is 0 Å². The molecule has 0 bridgehead atoms. The Hall–Kier alpha value is -0.790. The molecule has 3 saturated carbocycles. The standard InChI is InChI=1S/C29H48O2/c1-19(2)8-7-9-20(3)25-12-13-26-24-11-10-22-18-23(31-21(4)30)14-16-28(22,5)27(24)15-17-29(25,26)6/h14,19-20,22,24-27H,7-13,15-18H2,1-6H3/t20-,22+,24-,25-,26-,27-,28+,29+/m1/s1. The van der Waals surface area contributed by atoms with Crippen LogP contribution in [0.4, 0.5) is 0 Å². The van der Waals surface area contributed by atoms with E-state index in [1.807, 2.05) is 0 Å². The molecule has 0 radical (unpaired) electrons. The van der Waals surface area contributed by atoms with Crippen molar-refractivity contribution in [2.45, 2.75) is 112 Å². The minimum atomic E-state index is -0.156. The number of hydrogen-bond acceptors (Lipinski definition) is 2. The van der Waals surface area contributed by atoms with Gasteiger partial charge in [0, 0.05) is 13.3 Å². The van der Waals surface area contributed by atoms with Gasteiger partial charge in [-0.1, -0.05) is 53.9 Å². The van der Waals surface area contributed by atoms with Crippen LogP contribution in [0, 0.1) is 52.3 Å². The lowest BCUT2D eigenvalue weighted by atomic mass is 9.45. The van der Waals surface area contributed by atoms with E-state index < -0.39 is 0 Å². The molecule has 0 amide bonds. The number of ether oxygens (including phenoxy) is 1. The molecule has 4 rings (SSSR count). The van der Waals surface area contributed by atoms with Crippen molar-refractivity contribution in [2.24, 2.45) is 52.3 Å². The van der Waals surface area contributed by atoms with Crippen molar-refractivity contribution in [3.63, 3.8) is 0 Å². The zero-order valence-corrected chi connectivity index (χ0v) is 21.2. The first-order chi connectivity index (χ1) is 14.6. The number of carbonyl (C=O) groups excluding carboxylic acids is 1. The van der Waals surface area contributed by atoms with E-state index in [0.717, 1.165) is 54.1 Å². The molecular formula is C29H48O2. The Labute approximate surface area is 192 Å². The largest absolute Gasteiger partial charge is 0.432 e. The average molecular weight is 429 g/mol. The van der Waals surface area contributed by atoms with E-state index in [-0.39, 0.29) is 5.97 Å². The maximum Gasteiger partial charge on any atom is 0.307 e. The Kier molecular flexibility index (Phi) is 6.68. The molecule has 3 fully saturated rings. The first-order valence-corrected chi connectivity index (χ1v) is 13.5. The third kappa shape index (κ3) is 4.26. The summed E-state index contributed by atoms with van der Waals surface area (Å²) in [4.78, 5) is 11.5. The predicted octanol–water partition coefficient (Wildman–Crippen LogP) is 8.16. The summed E-state index contributed by atoms with van der Waals surface area (Å²) in [5, 5.41) is 0. The van der Waals surface area contributed by atoms with E-state index in [1.54, 1.807) is 0 Å². The van der Waals surface area contributed by atoms with Gasteiger partial charge in [0.25, 0.3) is 0 Å². The highest BCUT2D eigenvalue weighted by atomic mass is 16.5. The fourth-order valence-corrected chi connectivity index (χ4v) is 9.14. The van der Waals surface area contributed by atoms with Gasteiger partial charge in [0.2, 0.25) is 0 Å². The van der Waals surface area contributed by atoms with E-state index in [1.165, 1.54) is 64.7 Å². The molecule has 2 heteroatoms. The van der Waals surface area contributed by atoms with Gasteiger partial charge in [-0.25, -0.2) is 0 Å². The number of allylic oxidation sites excluding steroid dienone is 2. The summed E-state index contributed by atoms with van der Waals surface area (Å²) in [5.41, 5.74) is 0.990. The summed E-state index contributed by atoms with van der Waals surface area (Å²) < 4.78 is 5.52. The fraction of sp³-hybridized carbons (Fsp3) is 0.897. The van der Waals surface area contributed by atoms with E-state index >= 15 is 0 Å². The number of carbonyl (C=O) groups is 1. The van der Waals surface area contributed by atoms with Crippen LogP contribution in [0.2, 0.25) is 0 Å². The Morgan fingerprint density at radius 3 is 2.48 bits per heavy atom. The molecule has 0 aromatic carbocycles. The summed E-state index contributed by atoms with van der Waals surface area (Å²) in [6.45, 7) is 14.1. The molecule has 2 nitrogen and oxygen atoms in total. The van der Waals surface area contributed by atoms with E-state index in [2.05, 4.69) is 40.7 Å². The zero-order valence-electron chi connectivity index (χ0n) is 21.2. The maximum atomic E-state index is 11.5. The van der Waals surface area contributed by atoms with Gasteiger partial charge >= 0.3 is 5.97 Å². The van der Waals surface area contributed by atoms with Crippen molar-refractivity contribution >= 4 is 5.97 Å². The van der Waals surface area contributed by atoms with E-state index in [4.69, 9.17) is 4.74 Å². The van der Waals surface area contributed by atoms with Gasteiger partial charge in [-0.3, -0.25) is 4.79 Å². The zero-order chi connectivity index (χ0) is 22.4. The maximum absolute atomic E-state index is 11.5. The molecule has 0 aromatic rings. The highest BCUT2D eigenvalue weighted by Gasteiger charge is 2.60. The average Bonchev–Trinajstić information content (AvgIpc) is 3.05. The Bertz CT molecular complexity index is 693. The molecule has 0 aromatic heterocycles. The lowest BCUT2D eigenvalue weighted by Crippen LogP contribution is -2.52. The minimum absolute atomic E-state index is 0.156. The molecule has 4 aliphatic carbocycles. The highest BCUT2D eigenvalue weighted by Crippen LogP contribution is 2.68. The van der Waals surface area contributed by atoms with Crippen LogP contribution in [0.3, 0.4) is 0 Å². The Balaban J connectivity index is 1.46. The van der Waals surface area contributed by atoms with Crippen molar-refractivity contribution in [1.29, 1.82) is 0 Å². The Morgan fingerprint density at radius 1 is 1.03 bits per heavy atom. The van der Waals surface area contributed by atoms with Gasteiger partial charge < -0.3 is 4.74 Å². The van der Waals surface area contributed by atoms with Crippen LogP contribution in [0.1, 0.15) is 112 Å². The number of esters is 1. The highest BCUT2D eigenvalue weighted by molar-refractivity contribution is 5.67. The summed E-state index contributed by atoms with van der Waals surface area (Å²) in [5.74, 6) is 6.91. The fourth-order valence-electron chi connectivity index (χ4n) is 9.14. The molecule has 31 heavy (non-hydrogen) atoms. The van der Waals surface area contributed by atoms with Crippen molar-refractivity contribution in [2.75, 3.05) is 0 Å². The van der Waals surface area contributed by atoms with Crippen LogP contribution in [-0.2, 0) is 9.53 Å².